The summed E-state index contributed by atoms with van der Waals surface area (Å²) in [5.74, 6) is 0. The quantitative estimate of drug-likeness (QED) is 0.250. The predicted octanol–water partition coefficient (Wildman–Crippen LogP) is 8.36. The van der Waals surface area contributed by atoms with Crippen molar-refractivity contribution in [3.8, 4) is 11.3 Å². The molecular formula is C33H33N3. The number of para-hydroxylation sites is 1. The van der Waals surface area contributed by atoms with Crippen LogP contribution < -0.4 is 10.6 Å². The third-order valence-corrected chi connectivity index (χ3v) is 6.82. The number of rotatable bonds is 7. The van der Waals surface area contributed by atoms with Gasteiger partial charge in [-0.25, -0.2) is 0 Å². The van der Waals surface area contributed by atoms with Gasteiger partial charge in [-0.05, 0) is 78.9 Å². The standard InChI is InChI=1S/C33H33N3/c1-22-18-24(3)33(25(4)19-22)35-21-28-12-9-15-31(36-28)32-27(17-16-26-11-6-7-13-29(26)32)20-34-30-14-8-5-10-23(30)2/h5-19,34-35H,20-21H2,1-4H3. The summed E-state index contributed by atoms with van der Waals surface area (Å²) in [6.07, 6.45) is 0. The lowest BCUT2D eigenvalue weighted by molar-refractivity contribution is 1.04. The van der Waals surface area contributed by atoms with E-state index in [-0.39, 0.29) is 0 Å². The number of anilines is 2. The maximum absolute atomic E-state index is 5.13. The lowest BCUT2D eigenvalue weighted by Gasteiger charge is -2.17. The molecule has 180 valence electrons. The van der Waals surface area contributed by atoms with Gasteiger partial charge in [-0.3, -0.25) is 4.98 Å². The summed E-state index contributed by atoms with van der Waals surface area (Å²) in [5, 5.41) is 9.73. The number of nitrogens with zero attached hydrogens (tertiary/aromatic N) is 1. The van der Waals surface area contributed by atoms with Gasteiger partial charge in [0, 0.05) is 23.5 Å². The van der Waals surface area contributed by atoms with Crippen LogP contribution in [0.2, 0.25) is 0 Å². The molecule has 0 radical (unpaired) electrons. The summed E-state index contributed by atoms with van der Waals surface area (Å²) in [4.78, 5) is 5.13. The Hall–Kier alpha value is -4.11. The van der Waals surface area contributed by atoms with Crippen LogP contribution >= 0.6 is 0 Å². The highest BCUT2D eigenvalue weighted by molar-refractivity contribution is 5.97. The highest BCUT2D eigenvalue weighted by Crippen LogP contribution is 2.32. The maximum Gasteiger partial charge on any atom is 0.0715 e. The van der Waals surface area contributed by atoms with Crippen molar-refractivity contribution in [2.75, 3.05) is 10.6 Å². The normalized spacial score (nSPS) is 11.0. The van der Waals surface area contributed by atoms with E-state index in [0.29, 0.717) is 6.54 Å². The van der Waals surface area contributed by atoms with Crippen LogP contribution in [0.4, 0.5) is 11.4 Å². The number of nitrogens with one attached hydrogen (secondary N) is 2. The molecule has 0 aliphatic carbocycles. The van der Waals surface area contributed by atoms with E-state index >= 15 is 0 Å². The van der Waals surface area contributed by atoms with E-state index in [9.17, 15) is 0 Å². The number of pyridine rings is 1. The van der Waals surface area contributed by atoms with Crippen molar-refractivity contribution in [1.82, 2.24) is 4.98 Å². The minimum atomic E-state index is 0.681. The molecule has 3 nitrogen and oxygen atoms in total. The Labute approximate surface area is 214 Å². The summed E-state index contributed by atoms with van der Waals surface area (Å²) < 4.78 is 0. The fourth-order valence-electron chi connectivity index (χ4n) is 5.08. The van der Waals surface area contributed by atoms with Crippen molar-refractivity contribution in [2.45, 2.75) is 40.8 Å². The second-order valence-corrected chi connectivity index (χ2v) is 9.63. The summed E-state index contributed by atoms with van der Waals surface area (Å²) >= 11 is 0. The Morgan fingerprint density at radius 2 is 1.39 bits per heavy atom. The summed E-state index contributed by atoms with van der Waals surface area (Å²) in [5.41, 5.74) is 11.9. The summed E-state index contributed by atoms with van der Waals surface area (Å²) in [6.45, 7) is 10.0. The van der Waals surface area contributed by atoms with E-state index < -0.39 is 0 Å². The minimum Gasteiger partial charge on any atom is -0.381 e. The smallest absolute Gasteiger partial charge is 0.0715 e. The molecule has 0 aliphatic heterocycles. The number of aromatic nitrogens is 1. The van der Waals surface area contributed by atoms with Gasteiger partial charge in [-0.2, -0.15) is 0 Å². The summed E-state index contributed by atoms with van der Waals surface area (Å²) in [6, 6.07) is 32.2. The molecule has 0 aliphatic rings. The van der Waals surface area contributed by atoms with Crippen LogP contribution in [0.5, 0.6) is 0 Å². The molecular weight excluding hydrogens is 438 g/mol. The molecule has 4 aromatic carbocycles. The van der Waals surface area contributed by atoms with E-state index in [4.69, 9.17) is 4.98 Å². The fraction of sp³-hybridized carbons (Fsp3) is 0.182. The molecule has 0 amide bonds. The zero-order valence-corrected chi connectivity index (χ0v) is 21.5. The lowest BCUT2D eigenvalue weighted by atomic mass is 9.95. The highest BCUT2D eigenvalue weighted by atomic mass is 14.9. The number of hydrogen-bond donors (Lipinski definition) is 2. The second-order valence-electron chi connectivity index (χ2n) is 9.63. The van der Waals surface area contributed by atoms with Crippen LogP contribution in [0.3, 0.4) is 0 Å². The molecule has 5 aromatic rings. The van der Waals surface area contributed by atoms with Crippen LogP contribution in [0.15, 0.2) is 91.0 Å². The van der Waals surface area contributed by atoms with Gasteiger partial charge in [0.2, 0.25) is 0 Å². The van der Waals surface area contributed by atoms with Crippen LogP contribution in [-0.4, -0.2) is 4.98 Å². The van der Waals surface area contributed by atoms with Gasteiger partial charge in [-0.1, -0.05) is 78.4 Å². The Morgan fingerprint density at radius 3 is 2.19 bits per heavy atom. The average molecular weight is 472 g/mol. The molecule has 0 bridgehead atoms. The van der Waals surface area contributed by atoms with Crippen LogP contribution in [0, 0.1) is 27.7 Å². The van der Waals surface area contributed by atoms with Crippen molar-refractivity contribution >= 4 is 22.1 Å². The molecule has 0 atom stereocenters. The molecule has 36 heavy (non-hydrogen) atoms. The zero-order valence-electron chi connectivity index (χ0n) is 21.5. The van der Waals surface area contributed by atoms with E-state index in [1.807, 2.05) is 0 Å². The van der Waals surface area contributed by atoms with Crippen molar-refractivity contribution in [2.24, 2.45) is 0 Å². The van der Waals surface area contributed by atoms with Crippen molar-refractivity contribution in [3.05, 3.63) is 125 Å². The summed E-state index contributed by atoms with van der Waals surface area (Å²) in [7, 11) is 0. The van der Waals surface area contributed by atoms with E-state index in [2.05, 4.69) is 129 Å². The molecule has 0 unspecified atom stereocenters. The number of benzene rings is 4. The first-order valence-corrected chi connectivity index (χ1v) is 12.6. The number of fused-ring (bicyclic) bond motifs is 1. The van der Waals surface area contributed by atoms with Crippen molar-refractivity contribution in [1.29, 1.82) is 0 Å². The number of hydrogen-bond acceptors (Lipinski definition) is 3. The molecule has 0 saturated carbocycles. The van der Waals surface area contributed by atoms with Gasteiger partial charge < -0.3 is 10.6 Å². The molecule has 3 heteroatoms. The zero-order chi connectivity index (χ0) is 25.1. The predicted molar refractivity (Wildman–Crippen MR) is 154 cm³/mol. The monoisotopic (exact) mass is 471 g/mol. The van der Waals surface area contributed by atoms with Gasteiger partial charge in [0.15, 0.2) is 0 Å². The molecule has 0 spiro atoms. The Kier molecular flexibility index (Phi) is 6.73. The highest BCUT2D eigenvalue weighted by Gasteiger charge is 2.13. The molecule has 0 fully saturated rings. The minimum absolute atomic E-state index is 0.681. The first-order chi connectivity index (χ1) is 17.5. The van der Waals surface area contributed by atoms with Crippen LogP contribution in [0.25, 0.3) is 22.0 Å². The molecule has 5 rings (SSSR count). The third-order valence-electron chi connectivity index (χ3n) is 6.82. The Balaban J connectivity index is 1.49. The SMILES string of the molecule is Cc1cc(C)c(NCc2cccc(-c3c(CNc4ccccc4C)ccc4ccccc34)n2)c(C)c1. The van der Waals surface area contributed by atoms with Gasteiger partial charge in [-0.15, -0.1) is 0 Å². The van der Waals surface area contributed by atoms with Crippen molar-refractivity contribution in [3.63, 3.8) is 0 Å². The van der Waals surface area contributed by atoms with Gasteiger partial charge >= 0.3 is 0 Å². The van der Waals surface area contributed by atoms with Crippen LogP contribution in [-0.2, 0) is 13.1 Å². The molecule has 1 aromatic heterocycles. The van der Waals surface area contributed by atoms with Gasteiger partial charge in [0.05, 0.1) is 17.9 Å². The second kappa shape index (κ2) is 10.2. The van der Waals surface area contributed by atoms with E-state index in [1.165, 1.54) is 49.8 Å². The largest absolute Gasteiger partial charge is 0.381 e. The van der Waals surface area contributed by atoms with E-state index in [1.54, 1.807) is 0 Å². The van der Waals surface area contributed by atoms with Gasteiger partial charge in [0.1, 0.15) is 0 Å². The topological polar surface area (TPSA) is 37.0 Å². The number of aryl methyl sites for hydroxylation is 4. The first-order valence-electron chi connectivity index (χ1n) is 12.6. The van der Waals surface area contributed by atoms with Gasteiger partial charge in [0.25, 0.3) is 0 Å². The Morgan fingerprint density at radius 1 is 0.639 bits per heavy atom. The van der Waals surface area contributed by atoms with Crippen LogP contribution in [0.1, 0.15) is 33.5 Å². The first kappa shape index (κ1) is 23.6. The average Bonchev–Trinajstić information content (AvgIpc) is 2.87. The molecule has 1 heterocycles. The maximum atomic E-state index is 5.13. The lowest BCUT2D eigenvalue weighted by Crippen LogP contribution is -2.06. The third kappa shape index (κ3) is 4.96. The van der Waals surface area contributed by atoms with E-state index in [0.717, 1.165) is 23.6 Å². The molecule has 2 N–H and O–H groups in total. The van der Waals surface area contributed by atoms with Crippen molar-refractivity contribution < 1.29 is 0 Å². The Bertz CT molecular complexity index is 1510. The molecule has 0 saturated heterocycles. The fourth-order valence-corrected chi connectivity index (χ4v) is 5.08.